The molecule has 1 N–H and O–H groups in total. The first-order chi connectivity index (χ1) is 12.0. The minimum absolute atomic E-state index is 0.142. The Balaban J connectivity index is 1.75. The molecule has 1 aromatic carbocycles. The summed E-state index contributed by atoms with van der Waals surface area (Å²) in [5.74, 6) is -0.902. The molecule has 8 heteroatoms. The fourth-order valence-corrected chi connectivity index (χ4v) is 5.44. The lowest BCUT2D eigenvalue weighted by molar-refractivity contribution is 0.103. The molecule has 1 aliphatic rings. The van der Waals surface area contributed by atoms with Crippen molar-refractivity contribution in [1.29, 1.82) is 0 Å². The molecule has 1 fully saturated rings. The molecular formula is C17H19FN2O3S2. The average molecular weight is 382 g/mol. The highest BCUT2D eigenvalue weighted by molar-refractivity contribution is 7.89. The second kappa shape index (κ2) is 7.63. The Morgan fingerprint density at radius 1 is 1.12 bits per heavy atom. The van der Waals surface area contributed by atoms with Crippen LogP contribution in [0.4, 0.5) is 10.1 Å². The van der Waals surface area contributed by atoms with Gasteiger partial charge in [0.25, 0.3) is 5.91 Å². The van der Waals surface area contributed by atoms with Gasteiger partial charge in [-0.3, -0.25) is 4.79 Å². The number of amides is 1. The third-order valence-electron chi connectivity index (χ3n) is 4.08. The molecule has 1 aromatic heterocycles. The van der Waals surface area contributed by atoms with E-state index in [9.17, 15) is 17.6 Å². The predicted molar refractivity (Wildman–Crippen MR) is 95.9 cm³/mol. The number of rotatable bonds is 4. The molecule has 0 atom stereocenters. The van der Waals surface area contributed by atoms with Gasteiger partial charge in [0, 0.05) is 24.2 Å². The van der Waals surface area contributed by atoms with E-state index < -0.39 is 21.7 Å². The van der Waals surface area contributed by atoms with Crippen LogP contribution >= 0.6 is 11.3 Å². The van der Waals surface area contributed by atoms with Crippen molar-refractivity contribution in [3.8, 4) is 0 Å². The Kier molecular flexibility index (Phi) is 5.51. The highest BCUT2D eigenvalue weighted by atomic mass is 32.2. The van der Waals surface area contributed by atoms with Crippen LogP contribution in [0, 0.1) is 5.82 Å². The van der Waals surface area contributed by atoms with Crippen LogP contribution in [0.15, 0.2) is 40.6 Å². The van der Waals surface area contributed by atoms with Crippen molar-refractivity contribution in [1.82, 2.24) is 4.31 Å². The molecule has 0 aliphatic carbocycles. The fourth-order valence-electron chi connectivity index (χ4n) is 2.76. The van der Waals surface area contributed by atoms with E-state index in [0.717, 1.165) is 37.0 Å². The zero-order valence-electron chi connectivity index (χ0n) is 13.6. The van der Waals surface area contributed by atoms with Gasteiger partial charge >= 0.3 is 0 Å². The standard InChI is InChI=1S/C17H19FN2O3S2/c18-13-6-5-7-14(10-13)19-17(21)16-11-15(12-24-16)25(22,23)20-8-3-1-2-4-9-20/h5-7,10-12H,1-4,8-9H2,(H,19,21). The average Bonchev–Trinajstić information content (AvgIpc) is 2.91. The predicted octanol–water partition coefficient (Wildman–Crippen LogP) is 3.70. The highest BCUT2D eigenvalue weighted by Crippen LogP contribution is 2.25. The fraction of sp³-hybridized carbons (Fsp3) is 0.353. The van der Waals surface area contributed by atoms with Gasteiger partial charge in [-0.25, -0.2) is 12.8 Å². The first-order valence-electron chi connectivity index (χ1n) is 8.12. The number of nitrogens with one attached hydrogen (secondary N) is 1. The number of carbonyl (C=O) groups excluding carboxylic acids is 1. The number of hydrogen-bond donors (Lipinski definition) is 1. The number of thiophene rings is 1. The largest absolute Gasteiger partial charge is 0.321 e. The molecule has 1 saturated heterocycles. The van der Waals surface area contributed by atoms with Crippen LogP contribution < -0.4 is 5.32 Å². The molecule has 2 aromatic rings. The maximum absolute atomic E-state index is 13.2. The molecular weight excluding hydrogens is 363 g/mol. The van der Waals surface area contributed by atoms with Gasteiger partial charge in [-0.2, -0.15) is 4.31 Å². The van der Waals surface area contributed by atoms with Crippen molar-refractivity contribution < 1.29 is 17.6 Å². The highest BCUT2D eigenvalue weighted by Gasteiger charge is 2.27. The van der Waals surface area contributed by atoms with E-state index in [2.05, 4.69) is 5.32 Å². The summed E-state index contributed by atoms with van der Waals surface area (Å²) in [6.45, 7) is 1.03. The maximum atomic E-state index is 13.2. The van der Waals surface area contributed by atoms with Crippen LogP contribution in [0.3, 0.4) is 0 Å². The first-order valence-corrected chi connectivity index (χ1v) is 10.4. The number of hydrogen-bond acceptors (Lipinski definition) is 4. The van der Waals surface area contributed by atoms with Gasteiger partial charge in [0.1, 0.15) is 5.82 Å². The van der Waals surface area contributed by atoms with Crippen molar-refractivity contribution >= 4 is 33.0 Å². The minimum atomic E-state index is -3.57. The first kappa shape index (κ1) is 18.0. The second-order valence-electron chi connectivity index (χ2n) is 5.93. The molecule has 1 aliphatic heterocycles. The summed E-state index contributed by atoms with van der Waals surface area (Å²) in [7, 11) is -3.57. The van der Waals surface area contributed by atoms with Crippen LogP contribution in [0.25, 0.3) is 0 Å². The Morgan fingerprint density at radius 3 is 2.52 bits per heavy atom. The smallest absolute Gasteiger partial charge is 0.265 e. The Labute approximate surface area is 150 Å². The number of halogens is 1. The van der Waals surface area contributed by atoms with Crippen molar-refractivity contribution in [2.45, 2.75) is 30.6 Å². The second-order valence-corrected chi connectivity index (χ2v) is 8.78. The zero-order chi connectivity index (χ0) is 17.9. The van der Waals surface area contributed by atoms with E-state index in [1.165, 1.54) is 34.0 Å². The van der Waals surface area contributed by atoms with Gasteiger partial charge in [0.2, 0.25) is 10.0 Å². The molecule has 0 bridgehead atoms. The number of benzene rings is 1. The molecule has 3 rings (SSSR count). The quantitative estimate of drug-likeness (QED) is 0.877. The molecule has 0 unspecified atom stereocenters. The third kappa shape index (κ3) is 4.26. The third-order valence-corrected chi connectivity index (χ3v) is 7.04. The van der Waals surface area contributed by atoms with Gasteiger partial charge in [0.05, 0.1) is 9.77 Å². The van der Waals surface area contributed by atoms with Crippen molar-refractivity contribution in [2.75, 3.05) is 18.4 Å². The van der Waals surface area contributed by atoms with E-state index in [1.807, 2.05) is 0 Å². The Hall–Kier alpha value is -1.77. The van der Waals surface area contributed by atoms with E-state index in [4.69, 9.17) is 0 Å². The SMILES string of the molecule is O=C(Nc1cccc(F)c1)c1cc(S(=O)(=O)N2CCCCCC2)cs1. The van der Waals surface area contributed by atoms with E-state index in [0.29, 0.717) is 18.8 Å². The van der Waals surface area contributed by atoms with Crippen LogP contribution in [0.5, 0.6) is 0 Å². The number of anilines is 1. The van der Waals surface area contributed by atoms with Gasteiger partial charge in [-0.05, 0) is 37.1 Å². The number of carbonyl (C=O) groups is 1. The summed E-state index contributed by atoms with van der Waals surface area (Å²) in [5.41, 5.74) is 0.329. The summed E-state index contributed by atoms with van der Waals surface area (Å²) >= 11 is 1.07. The van der Waals surface area contributed by atoms with E-state index in [-0.39, 0.29) is 9.77 Å². The summed E-state index contributed by atoms with van der Waals surface area (Å²) in [4.78, 5) is 12.7. The minimum Gasteiger partial charge on any atom is -0.321 e. The zero-order valence-corrected chi connectivity index (χ0v) is 15.2. The van der Waals surface area contributed by atoms with Gasteiger partial charge in [0.15, 0.2) is 0 Å². The molecule has 5 nitrogen and oxygen atoms in total. The van der Waals surface area contributed by atoms with Gasteiger partial charge in [-0.1, -0.05) is 18.9 Å². The summed E-state index contributed by atoms with van der Waals surface area (Å²) in [5, 5.41) is 4.06. The molecule has 25 heavy (non-hydrogen) atoms. The van der Waals surface area contributed by atoms with E-state index >= 15 is 0 Å². The maximum Gasteiger partial charge on any atom is 0.265 e. The molecule has 0 saturated carbocycles. The van der Waals surface area contributed by atoms with E-state index in [1.54, 1.807) is 6.07 Å². The lowest BCUT2D eigenvalue weighted by Crippen LogP contribution is -2.31. The Morgan fingerprint density at radius 2 is 1.84 bits per heavy atom. The van der Waals surface area contributed by atoms with Crippen LogP contribution in [0.2, 0.25) is 0 Å². The van der Waals surface area contributed by atoms with Gasteiger partial charge in [-0.15, -0.1) is 11.3 Å². The normalized spacial score (nSPS) is 16.4. The Bertz CT molecular complexity index is 856. The monoisotopic (exact) mass is 382 g/mol. The summed E-state index contributed by atoms with van der Waals surface area (Å²) in [6.07, 6.45) is 3.79. The summed E-state index contributed by atoms with van der Waals surface area (Å²) < 4.78 is 40.1. The number of sulfonamides is 1. The topological polar surface area (TPSA) is 66.5 Å². The van der Waals surface area contributed by atoms with Crippen LogP contribution in [0.1, 0.15) is 35.4 Å². The lowest BCUT2D eigenvalue weighted by Gasteiger charge is -2.18. The van der Waals surface area contributed by atoms with Crippen molar-refractivity contribution in [3.05, 3.63) is 46.4 Å². The van der Waals surface area contributed by atoms with Crippen molar-refractivity contribution in [3.63, 3.8) is 0 Å². The van der Waals surface area contributed by atoms with Crippen LogP contribution in [-0.4, -0.2) is 31.7 Å². The number of nitrogens with zero attached hydrogens (tertiary/aromatic N) is 1. The molecule has 0 spiro atoms. The van der Waals surface area contributed by atoms with Crippen LogP contribution in [-0.2, 0) is 10.0 Å². The van der Waals surface area contributed by atoms with Gasteiger partial charge < -0.3 is 5.32 Å². The molecule has 134 valence electrons. The summed E-state index contributed by atoms with van der Waals surface area (Å²) in [6, 6.07) is 6.95. The molecule has 0 radical (unpaired) electrons. The van der Waals surface area contributed by atoms with Crippen molar-refractivity contribution in [2.24, 2.45) is 0 Å². The molecule has 1 amide bonds. The molecule has 2 heterocycles. The lowest BCUT2D eigenvalue weighted by atomic mass is 10.2.